The van der Waals surface area contributed by atoms with Crippen molar-refractivity contribution in [2.45, 2.75) is 59.0 Å². The van der Waals surface area contributed by atoms with Crippen LogP contribution in [0.1, 0.15) is 52.0 Å². The molecule has 3 heterocycles. The second-order valence-corrected chi connectivity index (χ2v) is 18.7. The number of carbonyl (C=O) groups is 1. The number of benzene rings is 3. The van der Waals surface area contributed by atoms with Gasteiger partial charge in [-0.3, -0.25) is 10.00 Å². The molecular weight excluding hydrogens is 726 g/mol. The van der Waals surface area contributed by atoms with Gasteiger partial charge in [0.2, 0.25) is 5.95 Å². The topological polar surface area (TPSA) is 120 Å². The number of nitrogens with one attached hydrogen (secondary N) is 1. The molecule has 3 aromatic heterocycles. The van der Waals surface area contributed by atoms with Crippen LogP contribution in [-0.4, -0.2) is 65.9 Å². The molecule has 0 atom stereocenters. The standard InChI is InChI=1S/C38H44BrN7O4Si/c1-7-8-21-45(22-23-49-51(38(3,4)5,28-15-11-9-12-16-28)29-17-13-10-14-18-29)35-33-31(41-36(42-35)43-37(47)48-6)25-46(44-33)24-27-19-20-30(39)34-32(27)40-26(2)50-34/h9-20,25H,7-8,21-24H2,1-6H3,(H,41,43,47). The molecule has 0 saturated heterocycles. The summed E-state index contributed by atoms with van der Waals surface area (Å²) in [7, 11) is -1.46. The first-order valence-corrected chi connectivity index (χ1v) is 19.9. The number of ether oxygens (including phenoxy) is 1. The van der Waals surface area contributed by atoms with Crippen molar-refractivity contribution in [3.05, 3.63) is 94.9 Å². The van der Waals surface area contributed by atoms with Crippen molar-refractivity contribution in [2.75, 3.05) is 37.0 Å². The highest BCUT2D eigenvalue weighted by Gasteiger charge is 2.50. The Labute approximate surface area is 307 Å². The third-order valence-corrected chi connectivity index (χ3v) is 14.7. The lowest BCUT2D eigenvalue weighted by molar-refractivity contribution is 0.186. The largest absolute Gasteiger partial charge is 0.453 e. The van der Waals surface area contributed by atoms with E-state index in [9.17, 15) is 4.79 Å². The lowest BCUT2D eigenvalue weighted by Gasteiger charge is -2.43. The van der Waals surface area contributed by atoms with Crippen molar-refractivity contribution < 1.29 is 18.4 Å². The molecule has 0 aliphatic rings. The number of nitrogens with zero attached hydrogens (tertiary/aromatic N) is 6. The number of hydrogen-bond acceptors (Lipinski definition) is 9. The van der Waals surface area contributed by atoms with Gasteiger partial charge in [0.05, 0.1) is 30.9 Å². The number of anilines is 2. The minimum absolute atomic E-state index is 0.136. The van der Waals surface area contributed by atoms with Crippen LogP contribution in [0.2, 0.25) is 5.04 Å². The number of methoxy groups -OCH3 is 1. The fraction of sp³-hybridized carbons (Fsp3) is 0.342. The molecule has 6 aromatic rings. The van der Waals surface area contributed by atoms with Gasteiger partial charge < -0.3 is 18.5 Å². The summed E-state index contributed by atoms with van der Waals surface area (Å²) in [5.41, 5.74) is 3.62. The maximum atomic E-state index is 12.3. The van der Waals surface area contributed by atoms with E-state index in [1.807, 2.05) is 42.1 Å². The first-order valence-electron chi connectivity index (χ1n) is 17.2. The smallest absolute Gasteiger partial charge is 0.413 e. The minimum atomic E-state index is -2.77. The molecule has 0 unspecified atom stereocenters. The zero-order valence-electron chi connectivity index (χ0n) is 29.9. The van der Waals surface area contributed by atoms with E-state index in [0.717, 1.165) is 28.4 Å². The lowest BCUT2D eigenvalue weighted by Crippen LogP contribution is -2.67. The van der Waals surface area contributed by atoms with E-state index < -0.39 is 14.4 Å². The highest BCUT2D eigenvalue weighted by atomic mass is 79.9. The Morgan fingerprint density at radius 2 is 1.65 bits per heavy atom. The molecule has 51 heavy (non-hydrogen) atoms. The number of aromatic nitrogens is 5. The average Bonchev–Trinajstić information content (AvgIpc) is 3.72. The van der Waals surface area contributed by atoms with E-state index in [1.165, 1.54) is 17.5 Å². The Kier molecular flexibility index (Phi) is 10.9. The Morgan fingerprint density at radius 1 is 0.961 bits per heavy atom. The van der Waals surface area contributed by atoms with Gasteiger partial charge in [-0.25, -0.2) is 14.8 Å². The number of fused-ring (bicyclic) bond motifs is 2. The van der Waals surface area contributed by atoms with Crippen molar-refractivity contribution in [2.24, 2.45) is 0 Å². The third-order valence-electron chi connectivity index (χ3n) is 8.99. The quantitative estimate of drug-likeness (QED) is 0.120. The van der Waals surface area contributed by atoms with Gasteiger partial charge in [-0.05, 0) is 43.8 Å². The van der Waals surface area contributed by atoms with Crippen LogP contribution >= 0.6 is 15.9 Å². The van der Waals surface area contributed by atoms with Gasteiger partial charge in [0.15, 0.2) is 22.8 Å². The highest BCUT2D eigenvalue weighted by Crippen LogP contribution is 2.37. The third kappa shape index (κ3) is 7.56. The Hall–Kier alpha value is -4.59. The summed E-state index contributed by atoms with van der Waals surface area (Å²) in [6, 6.07) is 25.2. The zero-order chi connectivity index (χ0) is 36.2. The molecule has 0 radical (unpaired) electrons. The molecule has 266 valence electrons. The minimum Gasteiger partial charge on any atom is -0.453 e. The van der Waals surface area contributed by atoms with Gasteiger partial charge in [0, 0.05) is 25.6 Å². The molecule has 13 heteroatoms. The van der Waals surface area contributed by atoms with Crippen LogP contribution < -0.4 is 20.6 Å². The predicted octanol–water partition coefficient (Wildman–Crippen LogP) is 7.45. The summed E-state index contributed by atoms with van der Waals surface area (Å²) in [6.07, 6.45) is 3.12. The molecule has 3 aromatic carbocycles. The van der Waals surface area contributed by atoms with E-state index in [4.69, 9.17) is 23.7 Å². The molecule has 1 N–H and O–H groups in total. The second kappa shape index (κ2) is 15.3. The van der Waals surface area contributed by atoms with Gasteiger partial charge in [0.1, 0.15) is 11.0 Å². The molecule has 11 nitrogen and oxygen atoms in total. The summed E-state index contributed by atoms with van der Waals surface area (Å²) in [5, 5.41) is 9.96. The highest BCUT2D eigenvalue weighted by molar-refractivity contribution is 9.10. The predicted molar refractivity (Wildman–Crippen MR) is 208 cm³/mol. The van der Waals surface area contributed by atoms with E-state index in [-0.39, 0.29) is 11.0 Å². The van der Waals surface area contributed by atoms with Crippen molar-refractivity contribution in [1.82, 2.24) is 24.7 Å². The molecule has 6 rings (SSSR count). The van der Waals surface area contributed by atoms with Gasteiger partial charge in [0.25, 0.3) is 8.32 Å². The molecular formula is C38H44BrN7O4Si. The van der Waals surface area contributed by atoms with Crippen LogP contribution in [0, 0.1) is 6.92 Å². The maximum Gasteiger partial charge on any atom is 0.413 e. The molecule has 0 aliphatic heterocycles. The SMILES string of the molecule is CCCCN(CCO[Si](c1ccccc1)(c1ccccc1)C(C)(C)C)c1nc(NC(=O)OC)nc2cn(Cc3ccc(Br)c4oc(C)nc34)nc12. The zero-order valence-corrected chi connectivity index (χ0v) is 32.5. The molecule has 1 amide bonds. The Bertz CT molecular complexity index is 2080. The fourth-order valence-corrected chi connectivity index (χ4v) is 11.6. The summed E-state index contributed by atoms with van der Waals surface area (Å²) in [5.74, 6) is 1.33. The number of carbonyl (C=O) groups excluding carboxylic acids is 1. The van der Waals surface area contributed by atoms with Crippen LogP contribution in [0.25, 0.3) is 22.1 Å². The number of oxazole rings is 1. The van der Waals surface area contributed by atoms with Crippen LogP contribution in [0.4, 0.5) is 16.6 Å². The number of amides is 1. The van der Waals surface area contributed by atoms with Crippen molar-refractivity contribution in [1.29, 1.82) is 0 Å². The van der Waals surface area contributed by atoms with E-state index >= 15 is 0 Å². The van der Waals surface area contributed by atoms with E-state index in [1.54, 1.807) is 0 Å². The van der Waals surface area contributed by atoms with Gasteiger partial charge in [-0.15, -0.1) is 0 Å². The van der Waals surface area contributed by atoms with E-state index in [0.29, 0.717) is 54.6 Å². The lowest BCUT2D eigenvalue weighted by atomic mass is 10.2. The number of halogens is 1. The second-order valence-electron chi connectivity index (χ2n) is 13.5. The van der Waals surface area contributed by atoms with Gasteiger partial charge in [-0.1, -0.05) is 101 Å². The maximum absolute atomic E-state index is 12.3. The van der Waals surface area contributed by atoms with Crippen molar-refractivity contribution in [3.8, 4) is 0 Å². The molecule has 0 bridgehead atoms. The van der Waals surface area contributed by atoms with Crippen LogP contribution in [-0.2, 0) is 15.7 Å². The Balaban J connectivity index is 1.39. The number of aryl methyl sites for hydroxylation is 1. The van der Waals surface area contributed by atoms with Gasteiger partial charge in [-0.2, -0.15) is 10.1 Å². The molecule has 0 aliphatic carbocycles. The summed E-state index contributed by atoms with van der Waals surface area (Å²) in [6.45, 7) is 13.0. The number of rotatable bonds is 13. The van der Waals surface area contributed by atoms with Crippen molar-refractivity contribution >= 4 is 74.6 Å². The summed E-state index contributed by atoms with van der Waals surface area (Å²) in [4.78, 5) is 28.7. The van der Waals surface area contributed by atoms with Gasteiger partial charge >= 0.3 is 6.09 Å². The van der Waals surface area contributed by atoms with Crippen LogP contribution in [0.3, 0.4) is 0 Å². The van der Waals surface area contributed by atoms with Crippen LogP contribution in [0.5, 0.6) is 0 Å². The molecule has 0 spiro atoms. The van der Waals surface area contributed by atoms with E-state index in [2.05, 4.69) is 112 Å². The normalized spacial score (nSPS) is 12.1. The summed E-state index contributed by atoms with van der Waals surface area (Å²) < 4.78 is 20.7. The van der Waals surface area contributed by atoms with Crippen molar-refractivity contribution in [3.63, 3.8) is 0 Å². The summed E-state index contributed by atoms with van der Waals surface area (Å²) >= 11 is 3.57. The monoisotopic (exact) mass is 769 g/mol. The first kappa shape index (κ1) is 36.2. The molecule has 0 saturated carbocycles. The van der Waals surface area contributed by atoms with Crippen LogP contribution in [0.15, 0.2) is 87.9 Å². The average molecular weight is 771 g/mol. The Morgan fingerprint density at radius 3 is 2.27 bits per heavy atom. The number of unbranched alkanes of at least 4 members (excludes halogenated alkanes) is 1. The first-order chi connectivity index (χ1) is 24.5. The molecule has 0 fully saturated rings. The fourth-order valence-electron chi connectivity index (χ4n) is 6.62. The number of hydrogen-bond donors (Lipinski definition) is 1.